The van der Waals surface area contributed by atoms with Crippen molar-refractivity contribution >= 4 is 11.9 Å². The van der Waals surface area contributed by atoms with E-state index >= 15 is 0 Å². The number of hydrogen-bond acceptors (Lipinski definition) is 4. The number of hydrogen-bond donors (Lipinski definition) is 3. The molecule has 1 aliphatic heterocycles. The highest BCUT2D eigenvalue weighted by Crippen LogP contribution is 2.42. The number of likely N-dealkylation sites (N-methyl/N-ethyl adjacent to an activating group) is 1. The molecule has 0 radical (unpaired) electrons. The number of nitrogens with one attached hydrogen (secondary N) is 2. The molecule has 0 aromatic heterocycles. The predicted octanol–water partition coefficient (Wildman–Crippen LogP) is 0.890. The number of aliphatic hydroxyl groups is 1. The van der Waals surface area contributed by atoms with E-state index in [2.05, 4.69) is 34.9 Å². The van der Waals surface area contributed by atoms with Gasteiger partial charge < -0.3 is 25.5 Å². The molecule has 27 heavy (non-hydrogen) atoms. The van der Waals surface area contributed by atoms with Crippen molar-refractivity contribution in [3.63, 3.8) is 0 Å². The van der Waals surface area contributed by atoms with Gasteiger partial charge in [0.25, 0.3) is 0 Å². The molecule has 7 nitrogen and oxygen atoms in total. The number of aliphatic hydroxyl groups excluding tert-OH is 1. The number of carbonyl (C=O) groups excluding carboxylic acids is 2. The van der Waals surface area contributed by atoms with Crippen molar-refractivity contribution in [1.82, 2.24) is 20.4 Å². The second kappa shape index (κ2) is 7.86. The Hall–Kier alpha value is -2.12. The van der Waals surface area contributed by atoms with Gasteiger partial charge in [-0.3, -0.25) is 4.79 Å². The van der Waals surface area contributed by atoms with Gasteiger partial charge in [0.15, 0.2) is 0 Å². The molecule has 2 aliphatic rings. The van der Waals surface area contributed by atoms with Crippen LogP contribution in [-0.4, -0.2) is 72.7 Å². The SMILES string of the molecule is CN[C@]1(c2ccccc2)CC[C@@]2(CC1)CN(CC(=O)N(C)CCO)C(=O)N2. The van der Waals surface area contributed by atoms with Crippen LogP contribution in [0.4, 0.5) is 4.79 Å². The Labute approximate surface area is 160 Å². The highest BCUT2D eigenvalue weighted by atomic mass is 16.3. The van der Waals surface area contributed by atoms with Crippen LogP contribution in [0.1, 0.15) is 31.2 Å². The quantitative estimate of drug-likeness (QED) is 0.690. The Balaban J connectivity index is 1.64. The Morgan fingerprint density at radius 2 is 1.93 bits per heavy atom. The van der Waals surface area contributed by atoms with Gasteiger partial charge in [0, 0.05) is 25.7 Å². The van der Waals surface area contributed by atoms with E-state index in [1.165, 1.54) is 10.5 Å². The van der Waals surface area contributed by atoms with Gasteiger partial charge in [-0.1, -0.05) is 30.3 Å². The van der Waals surface area contributed by atoms with Gasteiger partial charge >= 0.3 is 6.03 Å². The van der Waals surface area contributed by atoms with Gasteiger partial charge in [-0.05, 0) is 38.3 Å². The minimum absolute atomic E-state index is 0.0555. The fraction of sp³-hybridized carbons (Fsp3) is 0.600. The van der Waals surface area contributed by atoms with Crippen molar-refractivity contribution < 1.29 is 14.7 Å². The first-order chi connectivity index (χ1) is 12.9. The molecule has 148 valence electrons. The van der Waals surface area contributed by atoms with Gasteiger partial charge in [-0.15, -0.1) is 0 Å². The Morgan fingerprint density at radius 1 is 1.26 bits per heavy atom. The van der Waals surface area contributed by atoms with E-state index in [0.29, 0.717) is 6.54 Å². The fourth-order valence-corrected chi connectivity index (χ4v) is 4.35. The summed E-state index contributed by atoms with van der Waals surface area (Å²) in [7, 11) is 3.64. The summed E-state index contributed by atoms with van der Waals surface area (Å²) in [5.41, 5.74) is 0.952. The molecule has 1 aliphatic carbocycles. The van der Waals surface area contributed by atoms with E-state index in [4.69, 9.17) is 5.11 Å². The average molecular weight is 374 g/mol. The van der Waals surface area contributed by atoms with Crippen molar-refractivity contribution in [2.24, 2.45) is 0 Å². The van der Waals surface area contributed by atoms with E-state index in [1.54, 1.807) is 11.9 Å². The zero-order valence-electron chi connectivity index (χ0n) is 16.2. The van der Waals surface area contributed by atoms with Crippen LogP contribution in [0.2, 0.25) is 0 Å². The van der Waals surface area contributed by atoms with E-state index < -0.39 is 0 Å². The van der Waals surface area contributed by atoms with Gasteiger partial charge in [0.05, 0.1) is 12.1 Å². The molecule has 1 heterocycles. The normalized spacial score (nSPS) is 27.7. The summed E-state index contributed by atoms with van der Waals surface area (Å²) in [6.45, 7) is 0.810. The molecule has 0 atom stereocenters. The molecule has 7 heteroatoms. The Morgan fingerprint density at radius 3 is 2.52 bits per heavy atom. The maximum atomic E-state index is 12.4. The molecule has 0 unspecified atom stereocenters. The summed E-state index contributed by atoms with van der Waals surface area (Å²) in [4.78, 5) is 27.7. The summed E-state index contributed by atoms with van der Waals surface area (Å²) < 4.78 is 0. The van der Waals surface area contributed by atoms with Crippen molar-refractivity contribution in [2.75, 3.05) is 40.3 Å². The van der Waals surface area contributed by atoms with Crippen LogP contribution in [0, 0.1) is 0 Å². The molecule has 3 rings (SSSR count). The van der Waals surface area contributed by atoms with Gasteiger partial charge in [0.1, 0.15) is 6.54 Å². The molecular formula is C20H30N4O3. The molecular weight excluding hydrogens is 344 g/mol. The summed E-state index contributed by atoms with van der Waals surface area (Å²) in [6, 6.07) is 10.3. The maximum absolute atomic E-state index is 12.4. The molecule has 1 aromatic carbocycles. The van der Waals surface area contributed by atoms with Crippen molar-refractivity contribution in [3.05, 3.63) is 35.9 Å². The van der Waals surface area contributed by atoms with Crippen LogP contribution in [0.25, 0.3) is 0 Å². The van der Waals surface area contributed by atoms with Gasteiger partial charge in [0.2, 0.25) is 5.91 Å². The smallest absolute Gasteiger partial charge is 0.318 e. The van der Waals surface area contributed by atoms with Crippen LogP contribution in [0.15, 0.2) is 30.3 Å². The molecule has 1 spiro atoms. The molecule has 3 N–H and O–H groups in total. The van der Waals surface area contributed by atoms with Crippen LogP contribution >= 0.6 is 0 Å². The lowest BCUT2D eigenvalue weighted by molar-refractivity contribution is -0.130. The Kier molecular flexibility index (Phi) is 5.72. The summed E-state index contributed by atoms with van der Waals surface area (Å²) >= 11 is 0. The van der Waals surface area contributed by atoms with Crippen molar-refractivity contribution in [2.45, 2.75) is 36.8 Å². The summed E-state index contributed by atoms with van der Waals surface area (Å²) in [5.74, 6) is -0.152. The average Bonchev–Trinajstić information content (AvgIpc) is 2.98. The third kappa shape index (κ3) is 3.94. The van der Waals surface area contributed by atoms with E-state index in [0.717, 1.165) is 25.7 Å². The lowest BCUT2D eigenvalue weighted by Crippen LogP contribution is -2.53. The molecule has 1 aromatic rings. The summed E-state index contributed by atoms with van der Waals surface area (Å²) in [5, 5.41) is 15.6. The van der Waals surface area contributed by atoms with Gasteiger partial charge in [-0.2, -0.15) is 0 Å². The zero-order valence-corrected chi connectivity index (χ0v) is 16.2. The second-order valence-corrected chi connectivity index (χ2v) is 7.80. The number of nitrogens with zero attached hydrogens (tertiary/aromatic N) is 2. The molecule has 0 bridgehead atoms. The lowest BCUT2D eigenvalue weighted by atomic mass is 9.69. The minimum Gasteiger partial charge on any atom is -0.395 e. The van der Waals surface area contributed by atoms with E-state index in [9.17, 15) is 9.59 Å². The third-order valence-electron chi connectivity index (χ3n) is 6.21. The van der Waals surface area contributed by atoms with Crippen molar-refractivity contribution in [1.29, 1.82) is 0 Å². The standard InChI is InChI=1S/C20H30N4O3/c1-21-20(16-6-4-3-5-7-16)10-8-19(9-11-20)15-24(18(27)22-19)14-17(26)23(2)12-13-25/h3-7,21,25H,8-15H2,1-2H3,(H,22,27)/t19-,20-. The highest BCUT2D eigenvalue weighted by molar-refractivity contribution is 5.85. The van der Waals surface area contributed by atoms with Crippen molar-refractivity contribution in [3.8, 4) is 0 Å². The van der Waals surface area contributed by atoms with Gasteiger partial charge in [-0.25, -0.2) is 4.79 Å². The van der Waals surface area contributed by atoms with Crippen LogP contribution < -0.4 is 10.6 Å². The minimum atomic E-state index is -0.262. The van der Waals surface area contributed by atoms with Crippen LogP contribution in [0.3, 0.4) is 0 Å². The van der Waals surface area contributed by atoms with E-state index in [1.807, 2.05) is 13.1 Å². The highest BCUT2D eigenvalue weighted by Gasteiger charge is 2.49. The topological polar surface area (TPSA) is 84.9 Å². The second-order valence-electron chi connectivity index (χ2n) is 7.80. The largest absolute Gasteiger partial charge is 0.395 e. The maximum Gasteiger partial charge on any atom is 0.318 e. The summed E-state index contributed by atoms with van der Waals surface area (Å²) in [6.07, 6.45) is 3.59. The lowest BCUT2D eigenvalue weighted by Gasteiger charge is -2.45. The predicted molar refractivity (Wildman–Crippen MR) is 103 cm³/mol. The van der Waals surface area contributed by atoms with E-state index in [-0.39, 0.29) is 42.7 Å². The first-order valence-corrected chi connectivity index (χ1v) is 9.60. The molecule has 3 amide bonds. The molecule has 1 saturated heterocycles. The molecule has 2 fully saturated rings. The zero-order chi connectivity index (χ0) is 19.5. The number of amides is 3. The number of urea groups is 1. The third-order valence-corrected chi connectivity index (χ3v) is 6.21. The monoisotopic (exact) mass is 374 g/mol. The van der Waals surface area contributed by atoms with Crippen LogP contribution in [-0.2, 0) is 10.3 Å². The first-order valence-electron chi connectivity index (χ1n) is 9.60. The number of carbonyl (C=O) groups is 2. The molecule has 1 saturated carbocycles. The Bertz CT molecular complexity index is 671. The number of rotatable bonds is 6. The fourth-order valence-electron chi connectivity index (χ4n) is 4.35. The van der Waals surface area contributed by atoms with Crippen LogP contribution in [0.5, 0.6) is 0 Å². The number of benzene rings is 1. The first kappa shape index (κ1) is 19.6.